The predicted octanol–water partition coefficient (Wildman–Crippen LogP) is 1.90. The Morgan fingerprint density at radius 3 is 2.85 bits per heavy atom. The van der Waals surface area contributed by atoms with Gasteiger partial charge in [0.2, 0.25) is 0 Å². The van der Waals surface area contributed by atoms with E-state index in [9.17, 15) is 0 Å². The van der Waals surface area contributed by atoms with Crippen LogP contribution in [0.5, 0.6) is 5.75 Å². The molecule has 1 heterocycles. The summed E-state index contributed by atoms with van der Waals surface area (Å²) in [4.78, 5) is 4.00. The number of hydrogen-bond donors (Lipinski definition) is 1. The summed E-state index contributed by atoms with van der Waals surface area (Å²) in [6.45, 7) is 1.99. The molecule has 0 aliphatic heterocycles. The Labute approximate surface area is 77.9 Å². The van der Waals surface area contributed by atoms with Crippen LogP contribution in [0.4, 0.5) is 5.82 Å². The smallest absolute Gasteiger partial charge is 0.141 e. The molecule has 1 saturated carbocycles. The Balaban J connectivity index is 2.10. The molecule has 2 rings (SSSR count). The van der Waals surface area contributed by atoms with E-state index in [-0.39, 0.29) is 0 Å². The van der Waals surface area contributed by atoms with Crippen molar-refractivity contribution in [1.29, 1.82) is 0 Å². The molecule has 0 saturated heterocycles. The van der Waals surface area contributed by atoms with E-state index in [1.54, 1.807) is 6.20 Å². The van der Waals surface area contributed by atoms with Crippen LogP contribution >= 0.6 is 0 Å². The zero-order valence-electron chi connectivity index (χ0n) is 7.79. The van der Waals surface area contributed by atoms with Gasteiger partial charge in [-0.05, 0) is 37.8 Å². The number of hydrogen-bond acceptors (Lipinski definition) is 3. The van der Waals surface area contributed by atoms with Crippen molar-refractivity contribution in [3.8, 4) is 5.75 Å². The second-order valence-corrected chi connectivity index (χ2v) is 3.55. The predicted molar refractivity (Wildman–Crippen MR) is 51.7 cm³/mol. The van der Waals surface area contributed by atoms with Crippen molar-refractivity contribution >= 4 is 5.82 Å². The van der Waals surface area contributed by atoms with Gasteiger partial charge in [-0.2, -0.15) is 0 Å². The number of pyridine rings is 1. The fraction of sp³-hybridized carbons (Fsp3) is 0.500. The molecule has 1 fully saturated rings. The van der Waals surface area contributed by atoms with Gasteiger partial charge in [-0.15, -0.1) is 0 Å². The average molecular weight is 178 g/mol. The van der Waals surface area contributed by atoms with Crippen molar-refractivity contribution in [3.05, 3.63) is 17.8 Å². The van der Waals surface area contributed by atoms with Crippen molar-refractivity contribution < 1.29 is 4.74 Å². The first-order valence-electron chi connectivity index (χ1n) is 4.64. The standard InChI is InChI=1S/C10H14N2O/c1-7-5-10(11)12-6-9(7)13-8-3-2-4-8/h5-6,8H,2-4H2,1H3,(H2,11,12). The van der Waals surface area contributed by atoms with Crippen LogP contribution in [0.1, 0.15) is 24.8 Å². The molecular weight excluding hydrogens is 164 g/mol. The van der Waals surface area contributed by atoms with E-state index in [0.29, 0.717) is 11.9 Å². The molecule has 13 heavy (non-hydrogen) atoms. The van der Waals surface area contributed by atoms with Crippen molar-refractivity contribution in [1.82, 2.24) is 4.98 Å². The lowest BCUT2D eigenvalue weighted by Crippen LogP contribution is -2.24. The highest BCUT2D eigenvalue weighted by atomic mass is 16.5. The maximum Gasteiger partial charge on any atom is 0.141 e. The fourth-order valence-corrected chi connectivity index (χ4v) is 1.36. The van der Waals surface area contributed by atoms with Gasteiger partial charge in [-0.3, -0.25) is 0 Å². The number of nitrogen functional groups attached to an aromatic ring is 1. The zero-order chi connectivity index (χ0) is 9.26. The zero-order valence-corrected chi connectivity index (χ0v) is 7.79. The largest absolute Gasteiger partial charge is 0.489 e. The molecule has 3 nitrogen and oxygen atoms in total. The molecule has 0 aromatic carbocycles. The first-order valence-corrected chi connectivity index (χ1v) is 4.64. The van der Waals surface area contributed by atoms with Gasteiger partial charge in [-0.25, -0.2) is 4.98 Å². The van der Waals surface area contributed by atoms with Crippen molar-refractivity contribution in [2.75, 3.05) is 5.73 Å². The third-order valence-electron chi connectivity index (χ3n) is 2.43. The van der Waals surface area contributed by atoms with Crippen molar-refractivity contribution in [2.24, 2.45) is 0 Å². The second kappa shape index (κ2) is 3.24. The van der Waals surface area contributed by atoms with Crippen LogP contribution in [-0.2, 0) is 0 Å². The Kier molecular flexibility index (Phi) is 2.08. The van der Waals surface area contributed by atoms with Crippen LogP contribution in [0.25, 0.3) is 0 Å². The van der Waals surface area contributed by atoms with E-state index in [1.165, 1.54) is 19.3 Å². The molecule has 1 aliphatic rings. The molecule has 3 heteroatoms. The topological polar surface area (TPSA) is 48.1 Å². The van der Waals surface area contributed by atoms with E-state index in [2.05, 4.69) is 4.98 Å². The van der Waals surface area contributed by atoms with Gasteiger partial charge >= 0.3 is 0 Å². The molecule has 1 aromatic rings. The quantitative estimate of drug-likeness (QED) is 0.752. The number of ether oxygens (including phenoxy) is 1. The second-order valence-electron chi connectivity index (χ2n) is 3.55. The third kappa shape index (κ3) is 1.74. The molecule has 0 atom stereocenters. The van der Waals surface area contributed by atoms with Crippen LogP contribution in [0.15, 0.2) is 12.3 Å². The highest BCUT2D eigenvalue weighted by molar-refractivity contribution is 5.39. The van der Waals surface area contributed by atoms with Gasteiger partial charge in [0.15, 0.2) is 0 Å². The van der Waals surface area contributed by atoms with Crippen LogP contribution in [0.2, 0.25) is 0 Å². The highest BCUT2D eigenvalue weighted by Crippen LogP contribution is 2.27. The molecule has 1 aliphatic carbocycles. The van der Waals surface area contributed by atoms with Gasteiger partial charge in [0.1, 0.15) is 11.6 Å². The number of aromatic nitrogens is 1. The van der Waals surface area contributed by atoms with E-state index in [0.717, 1.165) is 11.3 Å². The van der Waals surface area contributed by atoms with Crippen molar-refractivity contribution in [3.63, 3.8) is 0 Å². The Morgan fingerprint density at radius 1 is 1.54 bits per heavy atom. The van der Waals surface area contributed by atoms with E-state index in [1.807, 2.05) is 13.0 Å². The van der Waals surface area contributed by atoms with Crippen LogP contribution in [0, 0.1) is 6.92 Å². The Morgan fingerprint density at radius 2 is 2.31 bits per heavy atom. The summed E-state index contributed by atoms with van der Waals surface area (Å²) >= 11 is 0. The lowest BCUT2D eigenvalue weighted by molar-refractivity contribution is 0.119. The van der Waals surface area contributed by atoms with Gasteiger partial charge in [0.25, 0.3) is 0 Å². The number of nitrogens with two attached hydrogens (primary N) is 1. The molecule has 0 radical (unpaired) electrons. The van der Waals surface area contributed by atoms with E-state index in [4.69, 9.17) is 10.5 Å². The molecular formula is C10H14N2O. The summed E-state index contributed by atoms with van der Waals surface area (Å²) in [6, 6.07) is 1.84. The lowest BCUT2D eigenvalue weighted by atomic mass is 9.96. The highest BCUT2D eigenvalue weighted by Gasteiger charge is 2.19. The van der Waals surface area contributed by atoms with E-state index >= 15 is 0 Å². The fourth-order valence-electron chi connectivity index (χ4n) is 1.36. The third-order valence-corrected chi connectivity index (χ3v) is 2.43. The number of rotatable bonds is 2. The van der Waals surface area contributed by atoms with Crippen LogP contribution in [0.3, 0.4) is 0 Å². The molecule has 0 spiro atoms. The summed E-state index contributed by atoms with van der Waals surface area (Å²) in [6.07, 6.45) is 5.74. The molecule has 0 amide bonds. The normalized spacial score (nSPS) is 16.7. The number of anilines is 1. The average Bonchev–Trinajstić information content (AvgIpc) is 1.99. The summed E-state index contributed by atoms with van der Waals surface area (Å²) in [5, 5.41) is 0. The molecule has 0 unspecified atom stereocenters. The molecule has 0 bridgehead atoms. The maximum absolute atomic E-state index is 5.72. The van der Waals surface area contributed by atoms with Crippen LogP contribution < -0.4 is 10.5 Å². The summed E-state index contributed by atoms with van der Waals surface area (Å²) in [7, 11) is 0. The molecule has 1 aromatic heterocycles. The van der Waals surface area contributed by atoms with E-state index < -0.39 is 0 Å². The summed E-state index contributed by atoms with van der Waals surface area (Å²) < 4.78 is 5.72. The number of aryl methyl sites for hydroxylation is 1. The van der Waals surface area contributed by atoms with Gasteiger partial charge < -0.3 is 10.5 Å². The number of nitrogens with zero attached hydrogens (tertiary/aromatic N) is 1. The minimum atomic E-state index is 0.407. The first-order chi connectivity index (χ1) is 6.25. The maximum atomic E-state index is 5.72. The first kappa shape index (κ1) is 8.35. The monoisotopic (exact) mass is 178 g/mol. The molecule has 2 N–H and O–H groups in total. The summed E-state index contributed by atoms with van der Waals surface area (Å²) in [5.41, 5.74) is 6.61. The Hall–Kier alpha value is -1.25. The van der Waals surface area contributed by atoms with Crippen LogP contribution in [-0.4, -0.2) is 11.1 Å². The lowest BCUT2D eigenvalue weighted by Gasteiger charge is -2.26. The van der Waals surface area contributed by atoms with Crippen molar-refractivity contribution in [2.45, 2.75) is 32.3 Å². The van der Waals surface area contributed by atoms with Gasteiger partial charge in [0, 0.05) is 0 Å². The molecule has 70 valence electrons. The minimum absolute atomic E-state index is 0.407. The van der Waals surface area contributed by atoms with Gasteiger partial charge in [-0.1, -0.05) is 0 Å². The minimum Gasteiger partial charge on any atom is -0.489 e. The SMILES string of the molecule is Cc1cc(N)ncc1OC1CCC1. The summed E-state index contributed by atoms with van der Waals surface area (Å²) in [5.74, 6) is 1.43. The van der Waals surface area contributed by atoms with Gasteiger partial charge in [0.05, 0.1) is 12.3 Å². The Bertz CT molecular complexity index is 308.